The molecule has 6 nitrogen and oxygen atoms in total. The highest BCUT2D eigenvalue weighted by Crippen LogP contribution is 2.33. The second kappa shape index (κ2) is 7.11. The summed E-state index contributed by atoms with van der Waals surface area (Å²) in [5, 5.41) is 3.54. The van der Waals surface area contributed by atoms with Crippen molar-refractivity contribution in [3.63, 3.8) is 0 Å². The van der Waals surface area contributed by atoms with Crippen LogP contribution in [0.2, 0.25) is 0 Å². The summed E-state index contributed by atoms with van der Waals surface area (Å²) in [4.78, 5) is 11.8. The minimum absolute atomic E-state index is 0.195. The van der Waals surface area contributed by atoms with Crippen molar-refractivity contribution in [2.24, 2.45) is 5.92 Å². The number of ether oxygens (including phenoxy) is 2. The summed E-state index contributed by atoms with van der Waals surface area (Å²) in [6.07, 6.45) is 6.69. The van der Waals surface area contributed by atoms with Crippen LogP contribution in [0.3, 0.4) is 0 Å². The monoisotopic (exact) mass is 318 g/mol. The molecule has 0 amide bonds. The largest absolute Gasteiger partial charge is 0.381 e. The topological polar surface area (TPSA) is 59.5 Å². The third kappa shape index (κ3) is 4.00. The number of hydrogen-bond donors (Lipinski definition) is 1. The van der Waals surface area contributed by atoms with E-state index in [4.69, 9.17) is 14.5 Å². The van der Waals surface area contributed by atoms with Gasteiger partial charge in [-0.15, -0.1) is 0 Å². The predicted molar refractivity (Wildman–Crippen MR) is 87.4 cm³/mol. The van der Waals surface area contributed by atoms with Gasteiger partial charge in [0, 0.05) is 38.5 Å². The molecule has 3 aliphatic rings. The molecule has 0 radical (unpaired) electrons. The van der Waals surface area contributed by atoms with Gasteiger partial charge in [-0.25, -0.2) is 9.97 Å². The molecule has 2 saturated heterocycles. The van der Waals surface area contributed by atoms with E-state index in [2.05, 4.69) is 15.2 Å². The van der Waals surface area contributed by atoms with Crippen LogP contribution in [0.5, 0.6) is 0 Å². The minimum Gasteiger partial charge on any atom is -0.381 e. The van der Waals surface area contributed by atoms with E-state index >= 15 is 0 Å². The average molecular weight is 318 g/mol. The van der Waals surface area contributed by atoms with E-state index in [9.17, 15) is 0 Å². The number of nitrogens with one attached hydrogen (secondary N) is 1. The molecule has 1 atom stereocenters. The summed E-state index contributed by atoms with van der Waals surface area (Å²) in [5.41, 5.74) is 0. The first kappa shape index (κ1) is 15.3. The summed E-state index contributed by atoms with van der Waals surface area (Å²) >= 11 is 0. The van der Waals surface area contributed by atoms with Crippen LogP contribution < -0.4 is 5.32 Å². The van der Waals surface area contributed by atoms with Crippen molar-refractivity contribution in [2.45, 2.75) is 37.8 Å². The fourth-order valence-electron chi connectivity index (χ4n) is 3.39. The second-order valence-electron chi connectivity index (χ2n) is 6.86. The van der Waals surface area contributed by atoms with Gasteiger partial charge >= 0.3 is 0 Å². The number of anilines is 1. The van der Waals surface area contributed by atoms with Crippen LogP contribution in [0.4, 0.5) is 5.82 Å². The molecule has 4 rings (SSSR count). The van der Waals surface area contributed by atoms with Gasteiger partial charge in [-0.05, 0) is 37.7 Å². The molecule has 1 aromatic rings. The first-order chi connectivity index (χ1) is 11.4. The van der Waals surface area contributed by atoms with E-state index in [1.807, 2.05) is 12.3 Å². The second-order valence-corrected chi connectivity index (χ2v) is 6.86. The molecule has 1 saturated carbocycles. The third-order valence-electron chi connectivity index (χ3n) is 4.97. The highest BCUT2D eigenvalue weighted by molar-refractivity contribution is 5.34. The van der Waals surface area contributed by atoms with E-state index in [0.29, 0.717) is 12.6 Å². The maximum absolute atomic E-state index is 5.70. The fraction of sp³-hybridized carbons (Fsp3) is 0.765. The Bertz CT molecular complexity index is 517. The summed E-state index contributed by atoms with van der Waals surface area (Å²) in [6, 6.07) is 2.62. The van der Waals surface area contributed by atoms with Gasteiger partial charge in [0.1, 0.15) is 11.6 Å². The zero-order chi connectivity index (χ0) is 15.5. The highest BCUT2D eigenvalue weighted by atomic mass is 16.5. The minimum atomic E-state index is 0.195. The zero-order valence-corrected chi connectivity index (χ0v) is 13.6. The number of nitrogens with zero attached hydrogens (tertiary/aromatic N) is 3. The van der Waals surface area contributed by atoms with Crippen molar-refractivity contribution in [1.29, 1.82) is 0 Å². The van der Waals surface area contributed by atoms with E-state index in [0.717, 1.165) is 63.3 Å². The maximum atomic E-state index is 5.70. The number of hydrogen-bond acceptors (Lipinski definition) is 6. The van der Waals surface area contributed by atoms with Crippen molar-refractivity contribution in [3.05, 3.63) is 18.1 Å². The molecule has 1 aliphatic carbocycles. The summed E-state index contributed by atoms with van der Waals surface area (Å²) < 4.78 is 11.1. The van der Waals surface area contributed by atoms with Gasteiger partial charge in [0.25, 0.3) is 0 Å². The maximum Gasteiger partial charge on any atom is 0.150 e. The lowest BCUT2D eigenvalue weighted by Gasteiger charge is -2.34. The molecule has 0 aromatic carbocycles. The SMILES string of the molecule is c1cc(NC2CCOCC2)nc([C@@H]2COCCN2CC2CC2)n1. The summed E-state index contributed by atoms with van der Waals surface area (Å²) in [6.45, 7) is 5.34. The van der Waals surface area contributed by atoms with Crippen LogP contribution in [-0.2, 0) is 9.47 Å². The van der Waals surface area contributed by atoms with Crippen molar-refractivity contribution in [1.82, 2.24) is 14.9 Å². The Morgan fingerprint density at radius 3 is 2.83 bits per heavy atom. The lowest BCUT2D eigenvalue weighted by Crippen LogP contribution is -2.41. The standard InChI is InChI=1S/C17H26N4O2/c1-2-13(1)11-21-7-10-23-12-15(21)17-18-6-3-16(20-17)19-14-4-8-22-9-5-14/h3,6,13-15H,1-2,4-5,7-12H2,(H,18,19,20)/t15-/m0/s1. The molecular weight excluding hydrogens is 292 g/mol. The van der Waals surface area contributed by atoms with Crippen LogP contribution >= 0.6 is 0 Å². The quantitative estimate of drug-likeness (QED) is 0.894. The lowest BCUT2D eigenvalue weighted by molar-refractivity contribution is -0.0137. The number of morpholine rings is 1. The van der Waals surface area contributed by atoms with Gasteiger partial charge in [-0.3, -0.25) is 4.90 Å². The molecule has 2 aliphatic heterocycles. The number of aromatic nitrogens is 2. The molecule has 126 valence electrons. The van der Waals surface area contributed by atoms with E-state index < -0.39 is 0 Å². The molecule has 23 heavy (non-hydrogen) atoms. The Morgan fingerprint density at radius 1 is 1.13 bits per heavy atom. The number of rotatable bonds is 5. The van der Waals surface area contributed by atoms with E-state index in [1.165, 1.54) is 12.8 Å². The summed E-state index contributed by atoms with van der Waals surface area (Å²) in [5.74, 6) is 2.69. The Balaban J connectivity index is 1.45. The van der Waals surface area contributed by atoms with Crippen molar-refractivity contribution in [3.8, 4) is 0 Å². The fourth-order valence-corrected chi connectivity index (χ4v) is 3.39. The Labute approximate surface area is 137 Å². The third-order valence-corrected chi connectivity index (χ3v) is 4.97. The molecule has 0 bridgehead atoms. The molecule has 0 spiro atoms. The van der Waals surface area contributed by atoms with Crippen LogP contribution in [-0.4, -0.2) is 60.4 Å². The summed E-state index contributed by atoms with van der Waals surface area (Å²) in [7, 11) is 0. The zero-order valence-electron chi connectivity index (χ0n) is 13.6. The van der Waals surface area contributed by atoms with E-state index in [-0.39, 0.29) is 6.04 Å². The van der Waals surface area contributed by atoms with Gasteiger partial charge in [0.05, 0.1) is 19.3 Å². The predicted octanol–water partition coefficient (Wildman–Crippen LogP) is 1.85. The Morgan fingerprint density at radius 2 is 2.00 bits per heavy atom. The molecule has 1 N–H and O–H groups in total. The highest BCUT2D eigenvalue weighted by Gasteiger charge is 2.32. The van der Waals surface area contributed by atoms with E-state index in [1.54, 1.807) is 0 Å². The lowest BCUT2D eigenvalue weighted by atomic mass is 10.1. The smallest absolute Gasteiger partial charge is 0.150 e. The Kier molecular flexibility index (Phi) is 4.73. The first-order valence-electron chi connectivity index (χ1n) is 8.87. The van der Waals surface area contributed by atoms with Crippen molar-refractivity contribution < 1.29 is 9.47 Å². The van der Waals surface area contributed by atoms with Crippen LogP contribution in [0, 0.1) is 5.92 Å². The molecule has 1 aromatic heterocycles. The molecule has 3 heterocycles. The van der Waals surface area contributed by atoms with Crippen LogP contribution in [0.1, 0.15) is 37.5 Å². The van der Waals surface area contributed by atoms with Crippen molar-refractivity contribution in [2.75, 3.05) is 44.8 Å². The molecule has 6 heteroatoms. The molecular formula is C17H26N4O2. The average Bonchev–Trinajstić information content (AvgIpc) is 3.41. The van der Waals surface area contributed by atoms with Gasteiger partial charge in [0.15, 0.2) is 0 Å². The van der Waals surface area contributed by atoms with Crippen LogP contribution in [0.25, 0.3) is 0 Å². The molecule has 0 unspecified atom stereocenters. The molecule has 3 fully saturated rings. The van der Waals surface area contributed by atoms with Crippen molar-refractivity contribution >= 4 is 5.82 Å². The Hall–Kier alpha value is -1.24. The van der Waals surface area contributed by atoms with Gasteiger partial charge in [0.2, 0.25) is 0 Å². The van der Waals surface area contributed by atoms with Gasteiger partial charge < -0.3 is 14.8 Å². The van der Waals surface area contributed by atoms with Gasteiger partial charge in [-0.1, -0.05) is 0 Å². The van der Waals surface area contributed by atoms with Gasteiger partial charge in [-0.2, -0.15) is 0 Å². The first-order valence-corrected chi connectivity index (χ1v) is 8.87. The van der Waals surface area contributed by atoms with Crippen LogP contribution in [0.15, 0.2) is 12.3 Å². The normalized spacial score (nSPS) is 27.0.